The zero-order valence-electron chi connectivity index (χ0n) is 7.90. The van der Waals surface area contributed by atoms with Gasteiger partial charge in [-0.1, -0.05) is 0 Å². The summed E-state index contributed by atoms with van der Waals surface area (Å²) in [5, 5.41) is 0. The second-order valence-corrected chi connectivity index (χ2v) is 10.7. The standard InChI is InChI=1S/C9H12I2OSi/c1-13(2,3)12-9-5-7(10)4-8(11)6-9/h4-6H,1-3H3. The van der Waals surface area contributed by atoms with Gasteiger partial charge in [0.15, 0.2) is 0 Å². The predicted octanol–water partition coefficient (Wildman–Crippen LogP) is 4.11. The van der Waals surface area contributed by atoms with Gasteiger partial charge in [0.1, 0.15) is 5.75 Å². The molecule has 0 heterocycles. The van der Waals surface area contributed by atoms with Gasteiger partial charge in [0, 0.05) is 7.14 Å². The van der Waals surface area contributed by atoms with Crippen LogP contribution in [0.2, 0.25) is 19.6 Å². The van der Waals surface area contributed by atoms with E-state index in [-0.39, 0.29) is 0 Å². The maximum Gasteiger partial charge on any atom is 0.242 e. The third kappa shape index (κ3) is 4.64. The molecule has 1 aromatic carbocycles. The van der Waals surface area contributed by atoms with Gasteiger partial charge in [-0.3, -0.25) is 0 Å². The van der Waals surface area contributed by atoms with Crippen LogP contribution in [0.1, 0.15) is 0 Å². The highest BCUT2D eigenvalue weighted by molar-refractivity contribution is 14.1. The van der Waals surface area contributed by atoms with Gasteiger partial charge >= 0.3 is 0 Å². The molecule has 0 aliphatic heterocycles. The summed E-state index contributed by atoms with van der Waals surface area (Å²) in [5.74, 6) is 1.01. The lowest BCUT2D eigenvalue weighted by molar-refractivity contribution is 0.557. The van der Waals surface area contributed by atoms with Crippen molar-refractivity contribution in [1.82, 2.24) is 0 Å². The molecule has 0 aliphatic rings. The predicted molar refractivity (Wildman–Crippen MR) is 75.9 cm³/mol. The summed E-state index contributed by atoms with van der Waals surface area (Å²) in [6.45, 7) is 6.58. The Morgan fingerprint density at radius 1 is 1.00 bits per heavy atom. The van der Waals surface area contributed by atoms with Crippen LogP contribution in [0.4, 0.5) is 0 Å². The van der Waals surface area contributed by atoms with Gasteiger partial charge in [0.05, 0.1) is 0 Å². The number of hydrogen-bond acceptors (Lipinski definition) is 1. The molecule has 0 amide bonds. The summed E-state index contributed by atoms with van der Waals surface area (Å²) in [6.07, 6.45) is 0. The largest absolute Gasteiger partial charge is 0.544 e. The van der Waals surface area contributed by atoms with Crippen molar-refractivity contribution >= 4 is 53.5 Å². The molecule has 0 spiro atoms. The first-order valence-electron chi connectivity index (χ1n) is 4.02. The molecule has 0 saturated heterocycles. The van der Waals surface area contributed by atoms with Crippen LogP contribution in [0, 0.1) is 7.14 Å². The second-order valence-electron chi connectivity index (χ2n) is 3.82. The highest BCUT2D eigenvalue weighted by atomic mass is 127. The minimum Gasteiger partial charge on any atom is -0.544 e. The molecule has 4 heteroatoms. The summed E-state index contributed by atoms with van der Waals surface area (Å²) >= 11 is 4.63. The summed E-state index contributed by atoms with van der Waals surface area (Å²) in [5.41, 5.74) is 0. The molecule has 0 saturated carbocycles. The van der Waals surface area contributed by atoms with Crippen LogP contribution in [0.3, 0.4) is 0 Å². The molecular weight excluding hydrogens is 406 g/mol. The van der Waals surface area contributed by atoms with Crippen LogP contribution < -0.4 is 4.43 Å². The molecule has 1 nitrogen and oxygen atoms in total. The van der Waals surface area contributed by atoms with E-state index in [2.05, 4.69) is 83.0 Å². The second kappa shape index (κ2) is 4.48. The van der Waals surface area contributed by atoms with Crippen molar-refractivity contribution in [2.45, 2.75) is 19.6 Å². The first kappa shape index (κ1) is 11.8. The van der Waals surface area contributed by atoms with Gasteiger partial charge in [0.2, 0.25) is 8.32 Å². The van der Waals surface area contributed by atoms with Crippen molar-refractivity contribution in [2.75, 3.05) is 0 Å². The highest BCUT2D eigenvalue weighted by Crippen LogP contribution is 2.22. The Morgan fingerprint density at radius 2 is 1.46 bits per heavy atom. The Labute approximate surface area is 108 Å². The molecule has 0 atom stereocenters. The summed E-state index contributed by atoms with van der Waals surface area (Å²) < 4.78 is 8.36. The Kier molecular flexibility index (Phi) is 4.05. The number of hydrogen-bond donors (Lipinski definition) is 0. The van der Waals surface area contributed by atoms with E-state index in [1.165, 1.54) is 7.14 Å². The van der Waals surface area contributed by atoms with E-state index in [1.807, 2.05) is 0 Å². The molecule has 0 N–H and O–H groups in total. The van der Waals surface area contributed by atoms with E-state index in [0.29, 0.717) is 0 Å². The molecule has 0 radical (unpaired) electrons. The number of halogens is 2. The van der Waals surface area contributed by atoms with Crippen LogP contribution in [0.5, 0.6) is 5.75 Å². The van der Waals surface area contributed by atoms with Crippen LogP contribution in [-0.2, 0) is 0 Å². The molecule has 0 aliphatic carbocycles. The zero-order valence-corrected chi connectivity index (χ0v) is 13.2. The van der Waals surface area contributed by atoms with E-state index in [0.717, 1.165) is 5.75 Å². The lowest BCUT2D eigenvalue weighted by Gasteiger charge is -2.19. The van der Waals surface area contributed by atoms with Crippen LogP contribution >= 0.6 is 45.2 Å². The highest BCUT2D eigenvalue weighted by Gasteiger charge is 2.16. The number of benzene rings is 1. The van der Waals surface area contributed by atoms with Crippen molar-refractivity contribution in [1.29, 1.82) is 0 Å². The first-order chi connectivity index (χ1) is 5.87. The van der Waals surface area contributed by atoms with Crippen LogP contribution in [0.15, 0.2) is 18.2 Å². The Bertz CT molecular complexity index is 287. The van der Waals surface area contributed by atoms with Gasteiger partial charge in [0.25, 0.3) is 0 Å². The lowest BCUT2D eigenvalue weighted by Crippen LogP contribution is -2.29. The average molecular weight is 418 g/mol. The first-order valence-corrected chi connectivity index (χ1v) is 9.58. The molecule has 1 rings (SSSR count). The van der Waals surface area contributed by atoms with Crippen molar-refractivity contribution in [2.24, 2.45) is 0 Å². The lowest BCUT2D eigenvalue weighted by atomic mass is 10.3. The van der Waals surface area contributed by atoms with E-state index in [4.69, 9.17) is 4.43 Å². The topological polar surface area (TPSA) is 9.23 Å². The monoisotopic (exact) mass is 418 g/mol. The molecule has 13 heavy (non-hydrogen) atoms. The van der Waals surface area contributed by atoms with Crippen molar-refractivity contribution in [3.8, 4) is 5.75 Å². The fraction of sp³-hybridized carbons (Fsp3) is 0.333. The molecule has 1 aromatic rings. The van der Waals surface area contributed by atoms with Gasteiger partial charge in [-0.2, -0.15) is 0 Å². The smallest absolute Gasteiger partial charge is 0.242 e. The van der Waals surface area contributed by atoms with E-state index in [1.54, 1.807) is 0 Å². The van der Waals surface area contributed by atoms with E-state index < -0.39 is 8.32 Å². The van der Waals surface area contributed by atoms with Crippen molar-refractivity contribution < 1.29 is 4.43 Å². The normalized spacial score (nSPS) is 11.5. The molecule has 0 fully saturated rings. The fourth-order valence-corrected chi connectivity index (χ4v) is 3.65. The van der Waals surface area contributed by atoms with Gasteiger partial charge < -0.3 is 4.43 Å². The van der Waals surface area contributed by atoms with Crippen molar-refractivity contribution in [3.05, 3.63) is 25.3 Å². The van der Waals surface area contributed by atoms with E-state index >= 15 is 0 Å². The molecule has 72 valence electrons. The zero-order chi connectivity index (χ0) is 10.1. The Morgan fingerprint density at radius 3 is 1.85 bits per heavy atom. The SMILES string of the molecule is C[Si](C)(C)Oc1cc(I)cc(I)c1. The molecular formula is C9H12I2OSi. The minimum absolute atomic E-state index is 1.01. The third-order valence-corrected chi connectivity index (χ3v) is 3.35. The quantitative estimate of drug-likeness (QED) is 0.519. The van der Waals surface area contributed by atoms with Crippen molar-refractivity contribution in [3.63, 3.8) is 0 Å². The van der Waals surface area contributed by atoms with Crippen LogP contribution in [0.25, 0.3) is 0 Å². The average Bonchev–Trinajstić information content (AvgIpc) is 1.78. The summed E-state index contributed by atoms with van der Waals surface area (Å²) in [6, 6.07) is 6.31. The maximum absolute atomic E-state index is 5.89. The van der Waals surface area contributed by atoms with Gasteiger partial charge in [-0.15, -0.1) is 0 Å². The molecule has 0 aromatic heterocycles. The molecule has 0 bridgehead atoms. The number of rotatable bonds is 2. The Balaban J connectivity index is 2.90. The van der Waals surface area contributed by atoms with Gasteiger partial charge in [-0.25, -0.2) is 0 Å². The van der Waals surface area contributed by atoms with Crippen LogP contribution in [-0.4, -0.2) is 8.32 Å². The minimum atomic E-state index is -1.45. The summed E-state index contributed by atoms with van der Waals surface area (Å²) in [4.78, 5) is 0. The summed E-state index contributed by atoms with van der Waals surface area (Å²) in [7, 11) is -1.45. The maximum atomic E-state index is 5.89. The molecule has 0 unspecified atom stereocenters. The Hall–Kier alpha value is 0.697. The van der Waals surface area contributed by atoms with Gasteiger partial charge in [-0.05, 0) is 83.0 Å². The third-order valence-electron chi connectivity index (χ3n) is 1.26. The fourth-order valence-electron chi connectivity index (χ4n) is 0.941. The van der Waals surface area contributed by atoms with E-state index in [9.17, 15) is 0 Å².